The number of carbonyl (C=O) groups excluding carboxylic acids is 1. The fraction of sp³-hybridized carbons (Fsp3) is 0.714. The number of hydrogen-bond acceptors (Lipinski definition) is 4. The van der Waals surface area contributed by atoms with Crippen molar-refractivity contribution in [3.05, 3.63) is 0 Å². The first-order valence-corrected chi connectivity index (χ1v) is 3.71. The largest absolute Gasteiger partial charge is 0.480 e. The molecule has 1 fully saturated rings. The van der Waals surface area contributed by atoms with Crippen molar-refractivity contribution >= 4 is 11.9 Å². The van der Waals surface area contributed by atoms with Crippen molar-refractivity contribution in [2.24, 2.45) is 0 Å². The summed E-state index contributed by atoms with van der Waals surface area (Å²) in [5, 5.41) is 8.48. The van der Waals surface area contributed by atoms with E-state index in [1.165, 1.54) is 0 Å². The normalized spacial score (nSPS) is 25.1. The Hall–Kier alpha value is -1.10. The quantitative estimate of drug-likeness (QED) is 0.560. The van der Waals surface area contributed by atoms with E-state index >= 15 is 0 Å². The van der Waals surface area contributed by atoms with Crippen LogP contribution >= 0.6 is 0 Å². The second-order valence-corrected chi connectivity index (χ2v) is 2.83. The average molecular weight is 173 g/mol. The maximum Gasteiger partial charge on any atom is 0.320 e. The number of hydrogen-bond donors (Lipinski definition) is 1. The molecule has 1 unspecified atom stereocenters. The van der Waals surface area contributed by atoms with Crippen molar-refractivity contribution in [3.63, 3.8) is 0 Å². The van der Waals surface area contributed by atoms with Crippen LogP contribution in [0.4, 0.5) is 0 Å². The Balaban J connectivity index is 2.49. The van der Waals surface area contributed by atoms with Crippen LogP contribution in [0, 0.1) is 0 Å². The number of rotatable bonds is 2. The molecule has 1 atom stereocenters. The summed E-state index contributed by atoms with van der Waals surface area (Å²) in [6.07, 6.45) is 0. The minimum absolute atomic E-state index is 0.00111. The molecular formula is C7H11NO4. The lowest BCUT2D eigenvalue weighted by atomic mass is 10.2. The van der Waals surface area contributed by atoms with Crippen LogP contribution in [0.1, 0.15) is 6.92 Å². The van der Waals surface area contributed by atoms with Crippen molar-refractivity contribution < 1.29 is 19.4 Å². The molecule has 1 aliphatic rings. The molecule has 0 bridgehead atoms. The predicted molar refractivity (Wildman–Crippen MR) is 39.6 cm³/mol. The molecule has 12 heavy (non-hydrogen) atoms. The van der Waals surface area contributed by atoms with Gasteiger partial charge in [0.15, 0.2) is 0 Å². The number of carboxylic acid groups (broad SMARTS) is 1. The van der Waals surface area contributed by atoms with Gasteiger partial charge in [0, 0.05) is 6.04 Å². The third-order valence-corrected chi connectivity index (χ3v) is 1.78. The molecule has 1 saturated heterocycles. The summed E-state index contributed by atoms with van der Waals surface area (Å²) in [7, 11) is 0. The van der Waals surface area contributed by atoms with E-state index in [1.807, 2.05) is 6.92 Å². The van der Waals surface area contributed by atoms with Gasteiger partial charge in [0.05, 0.1) is 13.1 Å². The van der Waals surface area contributed by atoms with Gasteiger partial charge < -0.3 is 9.84 Å². The van der Waals surface area contributed by atoms with Gasteiger partial charge in [-0.2, -0.15) is 0 Å². The van der Waals surface area contributed by atoms with Gasteiger partial charge >= 0.3 is 11.9 Å². The van der Waals surface area contributed by atoms with Crippen LogP contribution in [0.15, 0.2) is 0 Å². The second-order valence-electron chi connectivity index (χ2n) is 2.83. The monoisotopic (exact) mass is 173 g/mol. The maximum absolute atomic E-state index is 10.7. The molecule has 5 heteroatoms. The number of carbonyl (C=O) groups is 2. The molecule has 1 rings (SSSR count). The van der Waals surface area contributed by atoms with Gasteiger partial charge in [-0.3, -0.25) is 14.5 Å². The van der Waals surface area contributed by atoms with Gasteiger partial charge in [0.25, 0.3) is 0 Å². The first kappa shape index (κ1) is 8.99. The lowest BCUT2D eigenvalue weighted by Crippen LogP contribution is -2.48. The predicted octanol–water partition coefficient (Wildman–Crippen LogP) is -0.682. The Morgan fingerprint density at radius 3 is 3.08 bits per heavy atom. The van der Waals surface area contributed by atoms with Crippen LogP contribution in [-0.4, -0.2) is 47.7 Å². The van der Waals surface area contributed by atoms with Crippen LogP contribution in [-0.2, 0) is 14.3 Å². The van der Waals surface area contributed by atoms with E-state index in [2.05, 4.69) is 0 Å². The highest BCUT2D eigenvalue weighted by molar-refractivity contribution is 5.74. The fourth-order valence-electron chi connectivity index (χ4n) is 1.07. The number of carboxylic acids is 1. The second kappa shape index (κ2) is 3.53. The number of cyclic esters (lactones) is 1. The Kier molecular flexibility index (Phi) is 2.65. The minimum Gasteiger partial charge on any atom is -0.480 e. The molecule has 1 aliphatic heterocycles. The molecule has 0 aromatic rings. The molecule has 0 amide bonds. The molecule has 0 radical (unpaired) electrons. The minimum atomic E-state index is -0.920. The summed E-state index contributed by atoms with van der Waals surface area (Å²) in [6.45, 7) is 2.09. The van der Waals surface area contributed by atoms with Crippen LogP contribution in [0.3, 0.4) is 0 Å². The SMILES string of the molecule is CC1COC(=O)CN1CC(=O)O. The highest BCUT2D eigenvalue weighted by atomic mass is 16.5. The highest BCUT2D eigenvalue weighted by Gasteiger charge is 2.25. The average Bonchev–Trinajstić information content (AvgIpc) is 1.96. The third-order valence-electron chi connectivity index (χ3n) is 1.78. The summed E-state index contributed by atoms with van der Waals surface area (Å²) in [6, 6.07) is -0.00111. The van der Waals surface area contributed by atoms with Crippen molar-refractivity contribution in [2.45, 2.75) is 13.0 Å². The topological polar surface area (TPSA) is 66.8 Å². The van der Waals surface area contributed by atoms with Crippen molar-refractivity contribution in [1.82, 2.24) is 4.90 Å². The van der Waals surface area contributed by atoms with E-state index in [4.69, 9.17) is 9.84 Å². The van der Waals surface area contributed by atoms with Crippen LogP contribution in [0.5, 0.6) is 0 Å². The van der Waals surface area contributed by atoms with Crippen molar-refractivity contribution in [3.8, 4) is 0 Å². The molecule has 1 heterocycles. The Morgan fingerprint density at radius 1 is 1.83 bits per heavy atom. The molecule has 68 valence electrons. The molecule has 0 aromatic carbocycles. The highest BCUT2D eigenvalue weighted by Crippen LogP contribution is 2.05. The lowest BCUT2D eigenvalue weighted by Gasteiger charge is -2.30. The van der Waals surface area contributed by atoms with Gasteiger partial charge in [0.1, 0.15) is 6.61 Å². The standard InChI is InChI=1S/C7H11NO4/c1-5-4-12-7(11)3-8(5)2-6(9)10/h5H,2-4H2,1H3,(H,9,10). The van der Waals surface area contributed by atoms with Crippen LogP contribution < -0.4 is 0 Å². The van der Waals surface area contributed by atoms with E-state index in [0.29, 0.717) is 0 Å². The van der Waals surface area contributed by atoms with Gasteiger partial charge in [-0.15, -0.1) is 0 Å². The Morgan fingerprint density at radius 2 is 2.50 bits per heavy atom. The van der Waals surface area contributed by atoms with E-state index < -0.39 is 5.97 Å². The number of nitrogens with zero attached hydrogens (tertiary/aromatic N) is 1. The first-order chi connectivity index (χ1) is 5.59. The zero-order valence-corrected chi connectivity index (χ0v) is 6.82. The summed E-state index contributed by atoms with van der Waals surface area (Å²) >= 11 is 0. The van der Waals surface area contributed by atoms with E-state index in [1.54, 1.807) is 4.90 Å². The van der Waals surface area contributed by atoms with Crippen LogP contribution in [0.2, 0.25) is 0 Å². The van der Waals surface area contributed by atoms with Crippen molar-refractivity contribution in [2.75, 3.05) is 19.7 Å². The van der Waals surface area contributed by atoms with E-state index in [9.17, 15) is 9.59 Å². The van der Waals surface area contributed by atoms with Gasteiger partial charge in [0.2, 0.25) is 0 Å². The Bertz CT molecular complexity index is 202. The molecule has 0 aromatic heterocycles. The Labute approximate surface area is 69.9 Å². The number of morpholine rings is 1. The molecule has 5 nitrogen and oxygen atoms in total. The number of ether oxygens (including phenoxy) is 1. The lowest BCUT2D eigenvalue weighted by molar-refractivity contribution is -0.156. The maximum atomic E-state index is 10.7. The summed E-state index contributed by atoms with van der Waals surface area (Å²) in [5.74, 6) is -1.27. The van der Waals surface area contributed by atoms with Gasteiger partial charge in [-0.05, 0) is 6.92 Å². The molecule has 0 saturated carbocycles. The van der Waals surface area contributed by atoms with Gasteiger partial charge in [-0.25, -0.2) is 0 Å². The summed E-state index contributed by atoms with van der Waals surface area (Å²) in [5.41, 5.74) is 0. The fourth-order valence-corrected chi connectivity index (χ4v) is 1.07. The first-order valence-electron chi connectivity index (χ1n) is 3.71. The smallest absolute Gasteiger partial charge is 0.320 e. The number of aliphatic carboxylic acids is 1. The summed E-state index contributed by atoms with van der Waals surface area (Å²) in [4.78, 5) is 22.6. The molecule has 0 spiro atoms. The molecule has 0 aliphatic carbocycles. The zero-order chi connectivity index (χ0) is 9.14. The number of esters is 1. The van der Waals surface area contributed by atoms with Gasteiger partial charge in [-0.1, -0.05) is 0 Å². The van der Waals surface area contributed by atoms with Crippen molar-refractivity contribution in [1.29, 1.82) is 0 Å². The zero-order valence-electron chi connectivity index (χ0n) is 6.82. The van der Waals surface area contributed by atoms with Crippen LogP contribution in [0.25, 0.3) is 0 Å². The summed E-state index contributed by atoms with van der Waals surface area (Å²) < 4.78 is 4.73. The molecular weight excluding hydrogens is 162 g/mol. The molecule has 1 N–H and O–H groups in total. The third kappa shape index (κ3) is 2.20. The van der Waals surface area contributed by atoms with E-state index in [0.717, 1.165) is 0 Å². The van der Waals surface area contributed by atoms with E-state index in [-0.39, 0.29) is 31.7 Å².